The highest BCUT2D eigenvalue weighted by molar-refractivity contribution is 5.91. The predicted molar refractivity (Wildman–Crippen MR) is 81.4 cm³/mol. The molecule has 1 aromatic carbocycles. The summed E-state index contributed by atoms with van der Waals surface area (Å²) in [6.07, 6.45) is 0.0294. The number of carbonyl (C=O) groups excluding carboxylic acids is 1. The van der Waals surface area contributed by atoms with Crippen LogP contribution in [-0.2, 0) is 0 Å². The lowest BCUT2D eigenvalue weighted by Gasteiger charge is -2.15. The van der Waals surface area contributed by atoms with Crippen molar-refractivity contribution >= 4 is 22.8 Å². The molecule has 0 spiro atoms. The third kappa shape index (κ3) is 3.58. The Balaban J connectivity index is 1.61. The van der Waals surface area contributed by atoms with Gasteiger partial charge in [-0.15, -0.1) is 0 Å². The molecule has 1 saturated carbocycles. The van der Waals surface area contributed by atoms with Gasteiger partial charge in [-0.3, -0.25) is 0 Å². The van der Waals surface area contributed by atoms with Crippen LogP contribution in [0.4, 0.5) is 19.3 Å². The van der Waals surface area contributed by atoms with E-state index in [0.29, 0.717) is 29.7 Å². The number of aromatic nitrogens is 2. The summed E-state index contributed by atoms with van der Waals surface area (Å²) in [5, 5.41) is 14.4. The van der Waals surface area contributed by atoms with Crippen molar-refractivity contribution in [1.29, 1.82) is 0 Å². The molecule has 2 amide bonds. The lowest BCUT2D eigenvalue weighted by Crippen LogP contribution is -2.34. The summed E-state index contributed by atoms with van der Waals surface area (Å²) in [6, 6.07) is 4.39. The molecule has 6 nitrogen and oxygen atoms in total. The van der Waals surface area contributed by atoms with Gasteiger partial charge in [-0.2, -0.15) is 0 Å². The summed E-state index contributed by atoms with van der Waals surface area (Å²) in [4.78, 5) is 18.2. The number of H-pyrrole nitrogens is 1. The number of imidazole rings is 1. The van der Waals surface area contributed by atoms with Crippen molar-refractivity contribution in [3.63, 3.8) is 0 Å². The molecule has 3 rings (SSSR count). The molecule has 1 heterocycles. The number of benzene rings is 1. The van der Waals surface area contributed by atoms with Crippen LogP contribution in [-0.4, -0.2) is 34.3 Å². The molecule has 1 fully saturated rings. The van der Waals surface area contributed by atoms with E-state index < -0.39 is 6.43 Å². The highest BCUT2D eigenvalue weighted by Gasteiger charge is 2.41. The fourth-order valence-electron chi connectivity index (χ4n) is 2.58. The molecule has 1 aromatic heterocycles. The predicted octanol–water partition coefficient (Wildman–Crippen LogP) is 2.78. The molecule has 0 bridgehead atoms. The molecule has 8 heteroatoms. The lowest BCUT2D eigenvalue weighted by molar-refractivity contribution is 0.142. The van der Waals surface area contributed by atoms with E-state index in [1.54, 1.807) is 18.2 Å². The first kappa shape index (κ1) is 15.7. The van der Waals surface area contributed by atoms with Crippen molar-refractivity contribution < 1.29 is 18.7 Å². The number of urea groups is 1. The number of amides is 2. The zero-order valence-electron chi connectivity index (χ0n) is 12.4. The van der Waals surface area contributed by atoms with Gasteiger partial charge in [-0.1, -0.05) is 0 Å². The number of rotatable bonds is 6. The minimum absolute atomic E-state index is 0.0333. The fourth-order valence-corrected chi connectivity index (χ4v) is 2.58. The van der Waals surface area contributed by atoms with Crippen LogP contribution in [0.3, 0.4) is 0 Å². The molecule has 2 aromatic rings. The van der Waals surface area contributed by atoms with E-state index in [-0.39, 0.29) is 23.9 Å². The molecule has 1 aliphatic carbocycles. The number of hydrogen-bond acceptors (Lipinski definition) is 3. The minimum atomic E-state index is -2.66. The first-order valence-corrected chi connectivity index (χ1v) is 7.45. The quantitative estimate of drug-likeness (QED) is 0.658. The monoisotopic (exact) mass is 324 g/mol. The summed E-state index contributed by atoms with van der Waals surface area (Å²) in [5.41, 5.74) is 1.39. The second-order valence-corrected chi connectivity index (χ2v) is 5.94. The van der Waals surface area contributed by atoms with Crippen molar-refractivity contribution in [2.75, 3.05) is 18.5 Å². The number of aromatic amines is 1. The molecule has 0 radical (unpaired) electrons. The third-order valence-corrected chi connectivity index (χ3v) is 4.19. The Hall–Kier alpha value is -2.22. The van der Waals surface area contributed by atoms with E-state index >= 15 is 0 Å². The molecule has 1 aliphatic rings. The third-order valence-electron chi connectivity index (χ3n) is 4.19. The van der Waals surface area contributed by atoms with Gasteiger partial charge in [-0.05, 0) is 42.9 Å². The maximum absolute atomic E-state index is 12.6. The summed E-state index contributed by atoms with van der Waals surface area (Å²) in [7, 11) is 0. The number of aliphatic hydroxyl groups excluding tert-OH is 1. The van der Waals surface area contributed by atoms with E-state index in [1.165, 1.54) is 0 Å². The van der Waals surface area contributed by atoms with Gasteiger partial charge >= 0.3 is 6.03 Å². The maximum atomic E-state index is 12.6. The lowest BCUT2D eigenvalue weighted by atomic mass is 10.0. The van der Waals surface area contributed by atoms with Gasteiger partial charge in [0.15, 0.2) is 5.82 Å². The number of hydrogen-bond donors (Lipinski definition) is 4. The molecule has 124 valence electrons. The minimum Gasteiger partial charge on any atom is -0.396 e. The van der Waals surface area contributed by atoms with Crippen molar-refractivity contribution in [3.05, 3.63) is 24.0 Å². The molecule has 4 N–H and O–H groups in total. The molecular formula is C15H18F2N4O2. The van der Waals surface area contributed by atoms with Crippen LogP contribution < -0.4 is 10.6 Å². The summed E-state index contributed by atoms with van der Waals surface area (Å²) in [5.74, 6) is -0.388. The topological polar surface area (TPSA) is 90.0 Å². The number of aliphatic hydroxyl groups is 1. The fraction of sp³-hybridized carbons (Fsp3) is 0.467. The van der Waals surface area contributed by atoms with Crippen molar-refractivity contribution in [1.82, 2.24) is 15.3 Å². The normalized spacial score (nSPS) is 15.8. The second-order valence-electron chi connectivity index (χ2n) is 5.94. The van der Waals surface area contributed by atoms with Crippen LogP contribution in [0.1, 0.15) is 31.5 Å². The van der Waals surface area contributed by atoms with Gasteiger partial charge in [0, 0.05) is 18.8 Å². The number of anilines is 1. The Kier molecular flexibility index (Phi) is 4.16. The van der Waals surface area contributed by atoms with Gasteiger partial charge in [0.1, 0.15) is 0 Å². The number of fused-ring (bicyclic) bond motifs is 1. The van der Waals surface area contributed by atoms with Gasteiger partial charge in [0.05, 0.1) is 11.0 Å². The van der Waals surface area contributed by atoms with Crippen molar-refractivity contribution in [2.24, 2.45) is 5.41 Å². The van der Waals surface area contributed by atoms with Gasteiger partial charge in [0.2, 0.25) is 0 Å². The molecule has 0 unspecified atom stereocenters. The van der Waals surface area contributed by atoms with E-state index in [9.17, 15) is 13.6 Å². The molecular weight excluding hydrogens is 306 g/mol. The molecule has 23 heavy (non-hydrogen) atoms. The van der Waals surface area contributed by atoms with Gasteiger partial charge in [0.25, 0.3) is 6.43 Å². The van der Waals surface area contributed by atoms with E-state index in [0.717, 1.165) is 12.8 Å². The number of alkyl halides is 2. The average molecular weight is 324 g/mol. The number of nitrogens with zero attached hydrogens (tertiary/aromatic N) is 1. The Labute approximate surface area is 131 Å². The first-order valence-electron chi connectivity index (χ1n) is 7.45. The standard InChI is InChI=1S/C15H18F2N4O2/c16-12(17)13-20-10-2-1-9(7-11(10)21-13)19-14(23)18-8-15(3-4-15)5-6-22/h1-2,7,12,22H,3-6,8H2,(H,20,21)(H2,18,19,23). The molecule has 0 aliphatic heterocycles. The Morgan fingerprint density at radius 2 is 2.22 bits per heavy atom. The average Bonchev–Trinajstić information content (AvgIpc) is 3.14. The van der Waals surface area contributed by atoms with Crippen LogP contribution in [0, 0.1) is 5.41 Å². The van der Waals surface area contributed by atoms with E-state index in [1.807, 2.05) is 0 Å². The Morgan fingerprint density at radius 1 is 1.43 bits per heavy atom. The summed E-state index contributed by atoms with van der Waals surface area (Å²) < 4.78 is 25.2. The van der Waals surface area contributed by atoms with E-state index in [2.05, 4.69) is 20.6 Å². The van der Waals surface area contributed by atoms with Crippen LogP contribution >= 0.6 is 0 Å². The van der Waals surface area contributed by atoms with Crippen LogP contribution in [0.25, 0.3) is 11.0 Å². The van der Waals surface area contributed by atoms with Crippen LogP contribution in [0.2, 0.25) is 0 Å². The zero-order valence-corrected chi connectivity index (χ0v) is 12.4. The molecule has 0 atom stereocenters. The van der Waals surface area contributed by atoms with Crippen LogP contribution in [0.5, 0.6) is 0 Å². The highest BCUT2D eigenvalue weighted by Crippen LogP contribution is 2.47. The Bertz CT molecular complexity index is 713. The summed E-state index contributed by atoms with van der Waals surface area (Å²) in [6.45, 7) is 0.632. The largest absolute Gasteiger partial charge is 0.396 e. The van der Waals surface area contributed by atoms with E-state index in [4.69, 9.17) is 5.11 Å². The zero-order chi connectivity index (χ0) is 16.4. The van der Waals surface area contributed by atoms with Gasteiger partial charge < -0.3 is 20.7 Å². The number of nitrogens with one attached hydrogen (secondary N) is 3. The Morgan fingerprint density at radius 3 is 2.87 bits per heavy atom. The smallest absolute Gasteiger partial charge is 0.319 e. The number of carbonyl (C=O) groups is 1. The van der Waals surface area contributed by atoms with Crippen LogP contribution in [0.15, 0.2) is 18.2 Å². The first-order chi connectivity index (χ1) is 11.0. The van der Waals surface area contributed by atoms with Gasteiger partial charge in [-0.25, -0.2) is 18.6 Å². The maximum Gasteiger partial charge on any atom is 0.319 e. The highest BCUT2D eigenvalue weighted by atomic mass is 19.3. The van der Waals surface area contributed by atoms with Crippen molar-refractivity contribution in [3.8, 4) is 0 Å². The number of halogens is 2. The second kappa shape index (κ2) is 6.11. The SMILES string of the molecule is O=C(NCC1(CCO)CC1)Nc1ccc2nc(C(F)F)[nH]c2c1. The summed E-state index contributed by atoms with van der Waals surface area (Å²) >= 11 is 0. The van der Waals surface area contributed by atoms with Crippen molar-refractivity contribution in [2.45, 2.75) is 25.7 Å². The molecule has 0 saturated heterocycles.